The van der Waals surface area contributed by atoms with Crippen LogP contribution >= 0.6 is 0 Å². The second-order valence-corrected chi connectivity index (χ2v) is 6.28. The number of carbonyl (C=O) groups excluding carboxylic acids is 2. The summed E-state index contributed by atoms with van der Waals surface area (Å²) in [7, 11) is 0. The normalized spacial score (nSPS) is 10.5. The van der Waals surface area contributed by atoms with Gasteiger partial charge in [-0.25, -0.2) is 0 Å². The van der Waals surface area contributed by atoms with Crippen LogP contribution in [0.3, 0.4) is 0 Å². The lowest BCUT2D eigenvalue weighted by molar-refractivity contribution is -0.389. The van der Waals surface area contributed by atoms with Gasteiger partial charge in [0.2, 0.25) is 0 Å². The molecule has 0 aliphatic carbocycles. The van der Waals surface area contributed by atoms with Crippen molar-refractivity contribution in [1.82, 2.24) is 30.6 Å². The molecule has 0 unspecified atom stereocenters. The van der Waals surface area contributed by atoms with Crippen molar-refractivity contribution >= 4 is 17.6 Å². The van der Waals surface area contributed by atoms with E-state index in [2.05, 4.69) is 25.9 Å². The zero-order valence-corrected chi connectivity index (χ0v) is 16.5. The number of aromatic nitrogens is 4. The van der Waals surface area contributed by atoms with E-state index in [9.17, 15) is 19.7 Å². The zero-order chi connectivity index (χ0) is 22.2. The van der Waals surface area contributed by atoms with E-state index >= 15 is 0 Å². The Labute approximate surface area is 175 Å². The molecule has 1 aromatic carbocycles. The van der Waals surface area contributed by atoms with Crippen LogP contribution in [0.2, 0.25) is 0 Å². The monoisotopic (exact) mass is 429 g/mol. The van der Waals surface area contributed by atoms with Crippen LogP contribution in [-0.4, -0.2) is 56.4 Å². The Morgan fingerprint density at radius 3 is 2.68 bits per heavy atom. The molecule has 13 heteroatoms. The van der Waals surface area contributed by atoms with Crippen LogP contribution < -0.4 is 15.4 Å². The van der Waals surface area contributed by atoms with Gasteiger partial charge < -0.3 is 30.0 Å². The van der Waals surface area contributed by atoms with Gasteiger partial charge in [-0.1, -0.05) is 23.4 Å². The first kappa shape index (κ1) is 21.4. The number of rotatable bonds is 10. The topological polar surface area (TPSA) is 167 Å². The SMILES string of the molecule is Cc1cc([N+](=O)[O-])nn1Cc1noc(C(=O)NCCNC(=O)COc2ccccc2)n1. The highest BCUT2D eigenvalue weighted by molar-refractivity contribution is 5.89. The van der Waals surface area contributed by atoms with Crippen molar-refractivity contribution in [2.75, 3.05) is 19.7 Å². The van der Waals surface area contributed by atoms with Crippen molar-refractivity contribution in [3.05, 3.63) is 63.9 Å². The molecular weight excluding hydrogens is 410 g/mol. The van der Waals surface area contributed by atoms with Gasteiger partial charge in [0, 0.05) is 13.1 Å². The van der Waals surface area contributed by atoms with E-state index in [4.69, 9.17) is 9.26 Å². The Kier molecular flexibility index (Phi) is 6.88. The van der Waals surface area contributed by atoms with Crippen LogP contribution in [0.5, 0.6) is 5.75 Å². The van der Waals surface area contributed by atoms with Gasteiger partial charge in [0.05, 0.1) is 16.9 Å². The summed E-state index contributed by atoms with van der Waals surface area (Å²) in [6, 6.07) is 10.2. The Morgan fingerprint density at radius 2 is 1.97 bits per heavy atom. The minimum absolute atomic E-state index is 0.00786. The van der Waals surface area contributed by atoms with Crippen molar-refractivity contribution in [2.24, 2.45) is 0 Å². The molecule has 162 valence electrons. The van der Waals surface area contributed by atoms with Crippen molar-refractivity contribution < 1.29 is 23.8 Å². The van der Waals surface area contributed by atoms with Gasteiger partial charge >= 0.3 is 17.6 Å². The van der Waals surface area contributed by atoms with E-state index in [1.807, 2.05) is 6.07 Å². The zero-order valence-electron chi connectivity index (χ0n) is 16.5. The highest BCUT2D eigenvalue weighted by Gasteiger charge is 2.19. The Morgan fingerprint density at radius 1 is 1.23 bits per heavy atom. The Bertz CT molecular complexity index is 1060. The average Bonchev–Trinajstić information content (AvgIpc) is 3.38. The molecule has 0 bridgehead atoms. The van der Waals surface area contributed by atoms with Crippen LogP contribution in [0, 0.1) is 17.0 Å². The summed E-state index contributed by atoms with van der Waals surface area (Å²) >= 11 is 0. The quantitative estimate of drug-likeness (QED) is 0.264. The number of para-hydroxylation sites is 1. The molecule has 2 heterocycles. The fourth-order valence-electron chi connectivity index (χ4n) is 2.46. The maximum atomic E-state index is 12.1. The fourth-order valence-corrected chi connectivity index (χ4v) is 2.46. The smallest absolute Gasteiger partial charge is 0.390 e. The van der Waals surface area contributed by atoms with Gasteiger partial charge in [-0.15, -0.1) is 0 Å². The number of aryl methyl sites for hydroxylation is 1. The molecule has 0 radical (unpaired) electrons. The summed E-state index contributed by atoms with van der Waals surface area (Å²) in [6.45, 7) is 1.83. The number of ether oxygens (including phenoxy) is 1. The first-order chi connectivity index (χ1) is 14.9. The van der Waals surface area contributed by atoms with Gasteiger partial charge in [0.1, 0.15) is 12.3 Å². The lowest BCUT2D eigenvalue weighted by Gasteiger charge is -2.07. The summed E-state index contributed by atoms with van der Waals surface area (Å²) in [6.07, 6.45) is 0. The molecule has 13 nitrogen and oxygen atoms in total. The molecule has 2 amide bonds. The molecule has 3 rings (SSSR count). The lowest BCUT2D eigenvalue weighted by Crippen LogP contribution is -2.36. The molecular formula is C18H19N7O6. The number of nitro groups is 1. The summed E-state index contributed by atoms with van der Waals surface area (Å²) in [4.78, 5) is 37.9. The van der Waals surface area contributed by atoms with Gasteiger partial charge in [-0.05, 0) is 24.0 Å². The molecule has 0 saturated carbocycles. The van der Waals surface area contributed by atoms with Crippen LogP contribution in [-0.2, 0) is 11.3 Å². The first-order valence-electron chi connectivity index (χ1n) is 9.16. The lowest BCUT2D eigenvalue weighted by atomic mass is 10.3. The van der Waals surface area contributed by atoms with Crippen LogP contribution in [0.4, 0.5) is 5.82 Å². The molecule has 0 spiro atoms. The Balaban J connectivity index is 1.40. The van der Waals surface area contributed by atoms with Gasteiger partial charge in [-0.3, -0.25) is 9.59 Å². The van der Waals surface area contributed by atoms with Crippen molar-refractivity contribution in [3.63, 3.8) is 0 Å². The first-order valence-corrected chi connectivity index (χ1v) is 9.16. The standard InChI is InChI=1S/C18H19N7O6/c1-12-9-15(25(28)29)22-24(12)10-14-21-18(31-23-14)17(27)20-8-7-19-16(26)11-30-13-5-3-2-4-6-13/h2-6,9H,7-8,10-11H2,1H3,(H,19,26)(H,20,27). The van der Waals surface area contributed by atoms with Gasteiger partial charge in [0.15, 0.2) is 12.4 Å². The maximum Gasteiger partial charge on any atom is 0.390 e. The van der Waals surface area contributed by atoms with Crippen LogP contribution in [0.25, 0.3) is 0 Å². The Hall–Kier alpha value is -4.29. The number of benzene rings is 1. The van der Waals surface area contributed by atoms with E-state index in [1.165, 1.54) is 10.7 Å². The minimum atomic E-state index is -0.614. The molecule has 0 saturated heterocycles. The van der Waals surface area contributed by atoms with Gasteiger partial charge in [-0.2, -0.15) is 9.67 Å². The van der Waals surface area contributed by atoms with Crippen molar-refractivity contribution in [3.8, 4) is 5.75 Å². The molecule has 0 atom stereocenters. The minimum Gasteiger partial charge on any atom is -0.484 e. The fraction of sp³-hybridized carbons (Fsp3) is 0.278. The molecule has 2 aromatic heterocycles. The van der Waals surface area contributed by atoms with E-state index in [-0.39, 0.29) is 49.7 Å². The number of amides is 2. The summed E-state index contributed by atoms with van der Waals surface area (Å²) in [5.41, 5.74) is 0.537. The molecule has 0 fully saturated rings. The van der Waals surface area contributed by atoms with Gasteiger partial charge in [0.25, 0.3) is 5.91 Å². The third kappa shape index (κ3) is 6.09. The summed E-state index contributed by atoms with van der Waals surface area (Å²) in [5, 5.41) is 23.4. The number of hydrogen-bond acceptors (Lipinski definition) is 9. The summed E-state index contributed by atoms with van der Waals surface area (Å²) < 4.78 is 11.5. The van der Waals surface area contributed by atoms with Crippen molar-refractivity contribution in [1.29, 1.82) is 0 Å². The van der Waals surface area contributed by atoms with Crippen molar-refractivity contribution in [2.45, 2.75) is 13.5 Å². The number of nitrogens with zero attached hydrogens (tertiary/aromatic N) is 5. The maximum absolute atomic E-state index is 12.1. The highest BCUT2D eigenvalue weighted by atomic mass is 16.6. The van der Waals surface area contributed by atoms with E-state index in [0.29, 0.717) is 11.4 Å². The molecule has 0 aliphatic heterocycles. The van der Waals surface area contributed by atoms with Crippen LogP contribution in [0.15, 0.2) is 40.9 Å². The predicted octanol–water partition coefficient (Wildman–Crippen LogP) is 0.456. The largest absolute Gasteiger partial charge is 0.484 e. The average molecular weight is 429 g/mol. The van der Waals surface area contributed by atoms with Crippen LogP contribution in [0.1, 0.15) is 22.2 Å². The molecule has 0 aliphatic rings. The molecule has 2 N–H and O–H groups in total. The van der Waals surface area contributed by atoms with E-state index in [1.54, 1.807) is 31.2 Å². The van der Waals surface area contributed by atoms with E-state index in [0.717, 1.165) is 0 Å². The number of nitrogens with one attached hydrogen (secondary N) is 2. The summed E-state index contributed by atoms with van der Waals surface area (Å²) in [5.74, 6) is -0.794. The van der Waals surface area contributed by atoms with E-state index < -0.39 is 10.8 Å². The third-order valence-corrected chi connectivity index (χ3v) is 3.95. The number of carbonyl (C=O) groups is 2. The number of hydrogen-bond donors (Lipinski definition) is 2. The highest BCUT2D eigenvalue weighted by Crippen LogP contribution is 2.12. The third-order valence-electron chi connectivity index (χ3n) is 3.95. The second kappa shape index (κ2) is 9.96. The second-order valence-electron chi connectivity index (χ2n) is 6.28. The molecule has 3 aromatic rings. The predicted molar refractivity (Wildman–Crippen MR) is 104 cm³/mol. The molecule has 31 heavy (non-hydrogen) atoms.